The Balaban J connectivity index is 2.00. The van der Waals surface area contributed by atoms with Crippen molar-refractivity contribution >= 4 is 5.69 Å². The van der Waals surface area contributed by atoms with E-state index >= 15 is 0 Å². The van der Waals surface area contributed by atoms with E-state index in [9.17, 15) is 0 Å². The smallest absolute Gasteiger partial charge is 0.181 e. The van der Waals surface area contributed by atoms with Gasteiger partial charge in [-0.05, 0) is 43.5 Å². The SMILES string of the molecule is Cc1cc(N)ccc1-c1n[nH]c(C2CC2)n1. The molecule has 1 aliphatic rings. The van der Waals surface area contributed by atoms with E-state index in [0.717, 1.165) is 28.5 Å². The Morgan fingerprint density at radius 3 is 2.88 bits per heavy atom. The topological polar surface area (TPSA) is 67.6 Å². The predicted molar refractivity (Wildman–Crippen MR) is 62.9 cm³/mol. The van der Waals surface area contributed by atoms with Gasteiger partial charge in [-0.3, -0.25) is 5.10 Å². The fourth-order valence-electron chi connectivity index (χ4n) is 1.87. The summed E-state index contributed by atoms with van der Waals surface area (Å²) in [4.78, 5) is 4.53. The summed E-state index contributed by atoms with van der Waals surface area (Å²) in [5.41, 5.74) is 8.66. The van der Waals surface area contributed by atoms with E-state index in [4.69, 9.17) is 5.73 Å². The number of nitrogens with two attached hydrogens (primary N) is 1. The summed E-state index contributed by atoms with van der Waals surface area (Å²) in [6, 6.07) is 5.81. The minimum Gasteiger partial charge on any atom is -0.399 e. The first-order valence-electron chi connectivity index (χ1n) is 5.53. The average Bonchev–Trinajstić information content (AvgIpc) is 2.98. The van der Waals surface area contributed by atoms with Gasteiger partial charge >= 0.3 is 0 Å². The van der Waals surface area contributed by atoms with E-state index in [2.05, 4.69) is 15.2 Å². The van der Waals surface area contributed by atoms with Crippen LogP contribution in [0.3, 0.4) is 0 Å². The Kier molecular flexibility index (Phi) is 1.96. The molecule has 4 heteroatoms. The van der Waals surface area contributed by atoms with Gasteiger partial charge in [0.15, 0.2) is 5.82 Å². The number of aromatic nitrogens is 3. The Hall–Kier alpha value is -1.84. The van der Waals surface area contributed by atoms with Crippen LogP contribution in [0.25, 0.3) is 11.4 Å². The van der Waals surface area contributed by atoms with Gasteiger partial charge in [0.1, 0.15) is 5.82 Å². The van der Waals surface area contributed by atoms with Crippen molar-refractivity contribution in [3.05, 3.63) is 29.6 Å². The first-order valence-corrected chi connectivity index (χ1v) is 5.53. The minimum absolute atomic E-state index is 0.607. The van der Waals surface area contributed by atoms with E-state index in [1.165, 1.54) is 12.8 Å². The summed E-state index contributed by atoms with van der Waals surface area (Å²) < 4.78 is 0. The van der Waals surface area contributed by atoms with Crippen molar-refractivity contribution in [1.29, 1.82) is 0 Å². The van der Waals surface area contributed by atoms with Crippen LogP contribution in [0.15, 0.2) is 18.2 Å². The lowest BCUT2D eigenvalue weighted by Gasteiger charge is -2.01. The number of H-pyrrole nitrogens is 1. The van der Waals surface area contributed by atoms with Crippen molar-refractivity contribution in [1.82, 2.24) is 15.2 Å². The average molecular weight is 214 g/mol. The fraction of sp³-hybridized carbons (Fsp3) is 0.333. The van der Waals surface area contributed by atoms with Crippen LogP contribution in [0.1, 0.15) is 30.1 Å². The molecule has 0 bridgehead atoms. The number of nitrogen functional groups attached to an aromatic ring is 1. The molecule has 0 amide bonds. The summed E-state index contributed by atoms with van der Waals surface area (Å²) in [5, 5.41) is 7.28. The normalized spacial score (nSPS) is 15.3. The number of aryl methyl sites for hydroxylation is 1. The second-order valence-electron chi connectivity index (χ2n) is 4.39. The van der Waals surface area contributed by atoms with Gasteiger partial charge in [-0.1, -0.05) is 0 Å². The molecule has 1 heterocycles. The van der Waals surface area contributed by atoms with Gasteiger partial charge in [-0.2, -0.15) is 5.10 Å². The van der Waals surface area contributed by atoms with Crippen molar-refractivity contribution in [2.45, 2.75) is 25.7 Å². The molecule has 1 aliphatic carbocycles. The maximum atomic E-state index is 5.72. The van der Waals surface area contributed by atoms with Crippen LogP contribution in [-0.2, 0) is 0 Å². The third kappa shape index (κ3) is 1.56. The van der Waals surface area contributed by atoms with Gasteiger partial charge in [-0.25, -0.2) is 4.98 Å². The lowest BCUT2D eigenvalue weighted by atomic mass is 10.1. The van der Waals surface area contributed by atoms with Crippen LogP contribution in [0.5, 0.6) is 0 Å². The number of hydrogen-bond acceptors (Lipinski definition) is 3. The van der Waals surface area contributed by atoms with Crippen molar-refractivity contribution in [2.24, 2.45) is 0 Å². The Bertz CT molecular complexity index is 526. The summed E-state index contributed by atoms with van der Waals surface area (Å²) >= 11 is 0. The largest absolute Gasteiger partial charge is 0.399 e. The number of benzene rings is 1. The molecule has 3 N–H and O–H groups in total. The first-order chi connectivity index (χ1) is 7.74. The second kappa shape index (κ2) is 3.33. The molecule has 82 valence electrons. The third-order valence-electron chi connectivity index (χ3n) is 2.96. The molecule has 1 aromatic carbocycles. The van der Waals surface area contributed by atoms with E-state index in [1.54, 1.807) is 0 Å². The van der Waals surface area contributed by atoms with Gasteiger partial charge in [0.2, 0.25) is 0 Å². The molecule has 0 radical (unpaired) electrons. The highest BCUT2D eigenvalue weighted by molar-refractivity contribution is 5.63. The Morgan fingerprint density at radius 1 is 1.38 bits per heavy atom. The van der Waals surface area contributed by atoms with E-state index in [1.807, 2.05) is 25.1 Å². The van der Waals surface area contributed by atoms with Crippen LogP contribution >= 0.6 is 0 Å². The quantitative estimate of drug-likeness (QED) is 0.753. The van der Waals surface area contributed by atoms with Crippen molar-refractivity contribution in [2.75, 3.05) is 5.73 Å². The molecule has 0 aliphatic heterocycles. The summed E-state index contributed by atoms with van der Waals surface area (Å²) in [6.45, 7) is 2.03. The Morgan fingerprint density at radius 2 is 2.19 bits per heavy atom. The number of anilines is 1. The van der Waals surface area contributed by atoms with Gasteiger partial charge in [0, 0.05) is 17.2 Å². The molecule has 1 saturated carbocycles. The zero-order valence-electron chi connectivity index (χ0n) is 9.20. The maximum absolute atomic E-state index is 5.72. The standard InChI is InChI=1S/C12H14N4/c1-7-6-9(13)4-5-10(7)12-14-11(15-16-12)8-2-3-8/h4-6,8H,2-3,13H2,1H3,(H,14,15,16). The van der Waals surface area contributed by atoms with Crippen molar-refractivity contribution < 1.29 is 0 Å². The molecule has 0 spiro atoms. The van der Waals surface area contributed by atoms with Crippen LogP contribution < -0.4 is 5.73 Å². The summed E-state index contributed by atoms with van der Waals surface area (Å²) in [7, 11) is 0. The molecule has 16 heavy (non-hydrogen) atoms. The van der Waals surface area contributed by atoms with Gasteiger partial charge in [0.25, 0.3) is 0 Å². The molecule has 2 aromatic rings. The second-order valence-corrected chi connectivity index (χ2v) is 4.39. The van der Waals surface area contributed by atoms with Crippen LogP contribution in [0, 0.1) is 6.92 Å². The summed E-state index contributed by atoms with van der Waals surface area (Å²) in [6.07, 6.45) is 2.46. The Labute approximate surface area is 93.9 Å². The number of nitrogens with zero attached hydrogens (tertiary/aromatic N) is 2. The van der Waals surface area contributed by atoms with Crippen LogP contribution in [0.2, 0.25) is 0 Å². The molecular weight excluding hydrogens is 200 g/mol. The molecule has 0 saturated heterocycles. The zero-order valence-corrected chi connectivity index (χ0v) is 9.20. The summed E-state index contributed by atoms with van der Waals surface area (Å²) in [5.74, 6) is 2.40. The van der Waals surface area contributed by atoms with Gasteiger partial charge in [-0.15, -0.1) is 0 Å². The van der Waals surface area contributed by atoms with Crippen molar-refractivity contribution in [3.63, 3.8) is 0 Å². The molecule has 1 aromatic heterocycles. The fourth-order valence-corrected chi connectivity index (χ4v) is 1.87. The molecule has 4 nitrogen and oxygen atoms in total. The van der Waals surface area contributed by atoms with Crippen LogP contribution in [-0.4, -0.2) is 15.2 Å². The highest BCUT2D eigenvalue weighted by Crippen LogP contribution is 2.38. The highest BCUT2D eigenvalue weighted by atomic mass is 15.2. The molecule has 0 unspecified atom stereocenters. The molecular formula is C12H14N4. The van der Waals surface area contributed by atoms with E-state index in [0.29, 0.717) is 5.92 Å². The molecule has 0 atom stereocenters. The third-order valence-corrected chi connectivity index (χ3v) is 2.96. The molecule has 1 fully saturated rings. The lowest BCUT2D eigenvalue weighted by molar-refractivity contribution is 0.935. The van der Waals surface area contributed by atoms with Crippen molar-refractivity contribution in [3.8, 4) is 11.4 Å². The van der Waals surface area contributed by atoms with Crippen LogP contribution in [0.4, 0.5) is 5.69 Å². The number of aromatic amines is 1. The number of nitrogens with one attached hydrogen (secondary N) is 1. The maximum Gasteiger partial charge on any atom is 0.181 e. The van der Waals surface area contributed by atoms with Gasteiger partial charge < -0.3 is 5.73 Å². The number of rotatable bonds is 2. The van der Waals surface area contributed by atoms with E-state index < -0.39 is 0 Å². The van der Waals surface area contributed by atoms with E-state index in [-0.39, 0.29) is 0 Å². The number of hydrogen-bond donors (Lipinski definition) is 2. The van der Waals surface area contributed by atoms with Gasteiger partial charge in [0.05, 0.1) is 0 Å². The predicted octanol–water partition coefficient (Wildman–Crippen LogP) is 2.24. The molecule has 3 rings (SSSR count). The monoisotopic (exact) mass is 214 g/mol. The lowest BCUT2D eigenvalue weighted by Crippen LogP contribution is -1.90. The first kappa shape index (κ1) is 9.39. The zero-order chi connectivity index (χ0) is 11.1. The highest BCUT2D eigenvalue weighted by Gasteiger charge is 2.27. The minimum atomic E-state index is 0.607.